The summed E-state index contributed by atoms with van der Waals surface area (Å²) < 4.78 is 5.15. The fraction of sp³-hybridized carbons (Fsp3) is 0.846. The topological polar surface area (TPSA) is 78.9 Å². The lowest BCUT2D eigenvalue weighted by Gasteiger charge is -2.35. The third-order valence-corrected chi connectivity index (χ3v) is 3.63. The van der Waals surface area contributed by atoms with E-state index in [4.69, 9.17) is 9.84 Å². The van der Waals surface area contributed by atoms with Crippen LogP contribution in [0.4, 0.5) is 0 Å². The molecule has 2 unspecified atom stereocenters. The minimum atomic E-state index is -0.975. The Morgan fingerprint density at radius 3 is 2.58 bits per heavy atom. The molecule has 110 valence electrons. The number of carboxylic acid groups (broad SMARTS) is 1. The van der Waals surface area contributed by atoms with Crippen molar-refractivity contribution >= 4 is 11.9 Å². The molecule has 1 aliphatic heterocycles. The predicted molar refractivity (Wildman–Crippen MR) is 70.9 cm³/mol. The van der Waals surface area contributed by atoms with Gasteiger partial charge in [-0.25, -0.2) is 4.79 Å². The van der Waals surface area contributed by atoms with Crippen molar-refractivity contribution in [1.29, 1.82) is 0 Å². The molecule has 1 rings (SSSR count). The van der Waals surface area contributed by atoms with E-state index in [9.17, 15) is 9.59 Å². The van der Waals surface area contributed by atoms with Gasteiger partial charge in [0.15, 0.2) is 6.10 Å². The Morgan fingerprint density at radius 2 is 2.05 bits per heavy atom. The van der Waals surface area contributed by atoms with E-state index in [-0.39, 0.29) is 24.5 Å². The summed E-state index contributed by atoms with van der Waals surface area (Å²) in [6.45, 7) is 7.07. The van der Waals surface area contributed by atoms with Crippen molar-refractivity contribution in [3.05, 3.63) is 0 Å². The molecule has 19 heavy (non-hydrogen) atoms. The fourth-order valence-electron chi connectivity index (χ4n) is 2.15. The number of carbonyl (C=O) groups is 2. The molecular weight excluding hydrogens is 248 g/mol. The van der Waals surface area contributed by atoms with Gasteiger partial charge in [0.2, 0.25) is 5.91 Å². The van der Waals surface area contributed by atoms with Crippen LogP contribution in [0.25, 0.3) is 0 Å². The van der Waals surface area contributed by atoms with Crippen LogP contribution in [0.1, 0.15) is 33.6 Å². The van der Waals surface area contributed by atoms with Crippen molar-refractivity contribution < 1.29 is 19.4 Å². The normalized spacial score (nSPS) is 22.2. The summed E-state index contributed by atoms with van der Waals surface area (Å²) in [5.41, 5.74) is 0. The molecule has 2 N–H and O–H groups in total. The largest absolute Gasteiger partial charge is 0.479 e. The Morgan fingerprint density at radius 1 is 1.42 bits per heavy atom. The van der Waals surface area contributed by atoms with Crippen LogP contribution in [0, 0.1) is 0 Å². The molecule has 1 heterocycles. The summed E-state index contributed by atoms with van der Waals surface area (Å²) in [7, 11) is 0. The minimum Gasteiger partial charge on any atom is -0.479 e. The van der Waals surface area contributed by atoms with Crippen LogP contribution in [-0.2, 0) is 14.3 Å². The number of carbonyl (C=O) groups excluding carboxylic acids is 1. The standard InChI is InChI=1S/C13H24N2O4/c1-4-10(5-2)14-12(16)9(3)15-6-7-19-11(8-15)13(17)18/h9-11H,4-8H2,1-3H3,(H,14,16)(H,17,18). The first-order valence-electron chi connectivity index (χ1n) is 6.88. The quantitative estimate of drug-likeness (QED) is 0.734. The van der Waals surface area contributed by atoms with E-state index in [1.54, 1.807) is 0 Å². The van der Waals surface area contributed by atoms with Crippen LogP contribution in [-0.4, -0.2) is 59.8 Å². The molecule has 1 aliphatic rings. The number of hydrogen-bond acceptors (Lipinski definition) is 4. The molecule has 0 aliphatic carbocycles. The Hall–Kier alpha value is -1.14. The van der Waals surface area contributed by atoms with Gasteiger partial charge >= 0.3 is 5.97 Å². The van der Waals surface area contributed by atoms with Crippen LogP contribution in [0.5, 0.6) is 0 Å². The zero-order valence-corrected chi connectivity index (χ0v) is 11.9. The van der Waals surface area contributed by atoms with Crippen molar-refractivity contribution in [3.63, 3.8) is 0 Å². The van der Waals surface area contributed by atoms with Crippen LogP contribution in [0.15, 0.2) is 0 Å². The van der Waals surface area contributed by atoms with Crippen molar-refractivity contribution in [2.24, 2.45) is 0 Å². The van der Waals surface area contributed by atoms with Gasteiger partial charge in [-0.1, -0.05) is 13.8 Å². The van der Waals surface area contributed by atoms with Gasteiger partial charge < -0.3 is 15.2 Å². The van der Waals surface area contributed by atoms with Crippen LogP contribution in [0.2, 0.25) is 0 Å². The first-order chi connectivity index (χ1) is 8.99. The van der Waals surface area contributed by atoms with E-state index in [1.807, 2.05) is 25.7 Å². The monoisotopic (exact) mass is 272 g/mol. The molecule has 6 nitrogen and oxygen atoms in total. The molecule has 0 aromatic carbocycles. The minimum absolute atomic E-state index is 0.0419. The summed E-state index contributed by atoms with van der Waals surface area (Å²) in [6, 6.07) is -0.141. The highest BCUT2D eigenvalue weighted by Crippen LogP contribution is 2.10. The Balaban J connectivity index is 2.53. The average Bonchev–Trinajstić information content (AvgIpc) is 2.43. The first kappa shape index (κ1) is 15.9. The van der Waals surface area contributed by atoms with Crippen molar-refractivity contribution in [2.45, 2.75) is 51.8 Å². The van der Waals surface area contributed by atoms with Crippen LogP contribution in [0.3, 0.4) is 0 Å². The maximum atomic E-state index is 12.1. The molecule has 6 heteroatoms. The molecule has 0 spiro atoms. The number of aliphatic carboxylic acids is 1. The molecule has 0 bridgehead atoms. The second kappa shape index (κ2) is 7.45. The number of hydrogen-bond donors (Lipinski definition) is 2. The lowest BCUT2D eigenvalue weighted by atomic mass is 10.1. The summed E-state index contributed by atoms with van der Waals surface area (Å²) in [4.78, 5) is 24.9. The molecular formula is C13H24N2O4. The number of carboxylic acids is 1. The molecule has 1 fully saturated rings. The smallest absolute Gasteiger partial charge is 0.334 e. The third-order valence-electron chi connectivity index (χ3n) is 3.63. The fourth-order valence-corrected chi connectivity index (χ4v) is 2.15. The van der Waals surface area contributed by atoms with E-state index < -0.39 is 12.1 Å². The number of nitrogens with one attached hydrogen (secondary N) is 1. The Kier molecular flexibility index (Phi) is 6.24. The molecule has 0 saturated carbocycles. The SMILES string of the molecule is CCC(CC)NC(=O)C(C)N1CCOC(C(=O)O)C1. The summed E-state index contributed by atoms with van der Waals surface area (Å²) >= 11 is 0. The highest BCUT2D eigenvalue weighted by atomic mass is 16.5. The molecule has 1 saturated heterocycles. The van der Waals surface area contributed by atoms with Gasteiger partial charge in [0.25, 0.3) is 0 Å². The number of ether oxygens (including phenoxy) is 1. The summed E-state index contributed by atoms with van der Waals surface area (Å²) in [5, 5.41) is 11.9. The van der Waals surface area contributed by atoms with E-state index in [0.717, 1.165) is 12.8 Å². The number of amides is 1. The molecule has 2 atom stereocenters. The van der Waals surface area contributed by atoms with Crippen LogP contribution >= 0.6 is 0 Å². The lowest BCUT2D eigenvalue weighted by Crippen LogP contribution is -2.55. The highest BCUT2D eigenvalue weighted by molar-refractivity contribution is 5.81. The summed E-state index contributed by atoms with van der Waals surface area (Å²) in [5.74, 6) is -1.02. The zero-order valence-electron chi connectivity index (χ0n) is 11.9. The third kappa shape index (κ3) is 4.47. The molecule has 0 aromatic heterocycles. The van der Waals surface area contributed by atoms with Crippen molar-refractivity contribution in [2.75, 3.05) is 19.7 Å². The van der Waals surface area contributed by atoms with Gasteiger partial charge in [0.1, 0.15) is 0 Å². The second-order valence-electron chi connectivity index (χ2n) is 4.89. The first-order valence-corrected chi connectivity index (χ1v) is 6.88. The van der Waals surface area contributed by atoms with Crippen molar-refractivity contribution in [3.8, 4) is 0 Å². The van der Waals surface area contributed by atoms with E-state index >= 15 is 0 Å². The number of morpholine rings is 1. The van der Waals surface area contributed by atoms with Gasteiger partial charge in [-0.15, -0.1) is 0 Å². The molecule has 0 aromatic rings. The average molecular weight is 272 g/mol. The Bertz CT molecular complexity index is 318. The van der Waals surface area contributed by atoms with Gasteiger partial charge in [0, 0.05) is 19.1 Å². The molecule has 1 amide bonds. The van der Waals surface area contributed by atoms with Crippen LogP contribution < -0.4 is 5.32 Å². The molecule has 0 radical (unpaired) electrons. The van der Waals surface area contributed by atoms with Gasteiger partial charge in [0.05, 0.1) is 12.6 Å². The van der Waals surface area contributed by atoms with Gasteiger partial charge in [-0.3, -0.25) is 9.69 Å². The van der Waals surface area contributed by atoms with E-state index in [0.29, 0.717) is 13.2 Å². The van der Waals surface area contributed by atoms with Gasteiger partial charge in [-0.05, 0) is 19.8 Å². The number of rotatable bonds is 6. The lowest BCUT2D eigenvalue weighted by molar-refractivity contribution is -0.158. The van der Waals surface area contributed by atoms with Crippen molar-refractivity contribution in [1.82, 2.24) is 10.2 Å². The maximum absolute atomic E-state index is 12.1. The zero-order chi connectivity index (χ0) is 14.4. The second-order valence-corrected chi connectivity index (χ2v) is 4.89. The van der Waals surface area contributed by atoms with E-state index in [2.05, 4.69) is 5.32 Å². The van der Waals surface area contributed by atoms with Gasteiger partial charge in [-0.2, -0.15) is 0 Å². The Labute approximate surface area is 114 Å². The highest BCUT2D eigenvalue weighted by Gasteiger charge is 2.31. The number of nitrogens with zero attached hydrogens (tertiary/aromatic N) is 1. The maximum Gasteiger partial charge on any atom is 0.334 e. The predicted octanol–water partition coefficient (Wildman–Crippen LogP) is 0.465. The summed E-state index contributed by atoms with van der Waals surface area (Å²) in [6.07, 6.45) is 0.961. The van der Waals surface area contributed by atoms with E-state index in [1.165, 1.54) is 0 Å².